The molecule has 0 amide bonds. The molecule has 0 N–H and O–H groups in total. The van der Waals surface area contributed by atoms with Gasteiger partial charge in [-0.3, -0.25) is 4.68 Å². The number of hydrogen-bond donors (Lipinski definition) is 0. The number of aromatic nitrogens is 2. The van der Waals surface area contributed by atoms with Crippen LogP contribution in [0.1, 0.15) is 5.69 Å². The highest BCUT2D eigenvalue weighted by atomic mass is 16.5. The van der Waals surface area contributed by atoms with E-state index in [1.165, 1.54) is 0 Å². The van der Waals surface area contributed by atoms with Crippen LogP contribution >= 0.6 is 0 Å². The van der Waals surface area contributed by atoms with Crippen molar-refractivity contribution in [1.82, 2.24) is 9.78 Å². The second-order valence-corrected chi connectivity index (χ2v) is 6.55. The summed E-state index contributed by atoms with van der Waals surface area (Å²) < 4.78 is 23.4. The summed E-state index contributed by atoms with van der Waals surface area (Å²) in [5, 5.41) is 8.35. The highest BCUT2D eigenvalue weighted by Gasteiger charge is 2.11. The van der Waals surface area contributed by atoms with Gasteiger partial charge in [0.2, 0.25) is 0 Å². The summed E-state index contributed by atoms with van der Waals surface area (Å²) in [6, 6.07) is 14.0. The van der Waals surface area contributed by atoms with Gasteiger partial charge in [-0.1, -0.05) is 12.1 Å². The van der Waals surface area contributed by atoms with Crippen LogP contribution in [-0.2, 0) is 7.05 Å². The fraction of sp³-hybridized carbons (Fsp3) is 0.261. The summed E-state index contributed by atoms with van der Waals surface area (Å²) in [5.41, 5.74) is 1.07. The van der Waals surface area contributed by atoms with Crippen molar-refractivity contribution < 1.29 is 18.9 Å². The minimum Gasteiger partial charge on any atom is -0.493 e. The van der Waals surface area contributed by atoms with Gasteiger partial charge in [0, 0.05) is 13.2 Å². The lowest BCUT2D eigenvalue weighted by molar-refractivity contribution is 0.355. The fourth-order valence-corrected chi connectivity index (χ4v) is 3.24. The van der Waals surface area contributed by atoms with E-state index in [1.807, 2.05) is 50.5 Å². The van der Waals surface area contributed by atoms with Crippen LogP contribution in [0.25, 0.3) is 21.5 Å². The number of hydrogen-bond acceptors (Lipinski definition) is 5. The molecule has 6 heteroatoms. The van der Waals surface area contributed by atoms with Gasteiger partial charge in [0.25, 0.3) is 0 Å². The molecule has 0 saturated carbocycles. The Morgan fingerprint density at radius 2 is 1.07 bits per heavy atom. The molecule has 0 aliphatic carbocycles. The SMILES string of the molecule is COc1cc2ccc3cc(OC)c(OC)cc3c2cc1OC.Cc1ccn(C)n1. The first-order chi connectivity index (χ1) is 14.0. The Morgan fingerprint density at radius 3 is 1.34 bits per heavy atom. The van der Waals surface area contributed by atoms with Gasteiger partial charge in [0.15, 0.2) is 23.0 Å². The quantitative estimate of drug-likeness (QED) is 0.467. The number of methoxy groups -OCH3 is 4. The third kappa shape index (κ3) is 4.21. The van der Waals surface area contributed by atoms with E-state index in [0.717, 1.165) is 38.7 Å². The molecule has 0 saturated heterocycles. The van der Waals surface area contributed by atoms with Crippen LogP contribution in [-0.4, -0.2) is 38.2 Å². The Balaban J connectivity index is 0.000000290. The number of nitrogens with zero attached hydrogens (tertiary/aromatic N) is 2. The predicted octanol–water partition coefficient (Wildman–Crippen LogP) is 4.76. The molecule has 29 heavy (non-hydrogen) atoms. The summed E-state index contributed by atoms with van der Waals surface area (Å²) in [4.78, 5) is 0. The Labute approximate surface area is 170 Å². The monoisotopic (exact) mass is 394 g/mol. The van der Waals surface area contributed by atoms with Crippen LogP contribution < -0.4 is 18.9 Å². The Morgan fingerprint density at radius 1 is 0.655 bits per heavy atom. The molecule has 0 fully saturated rings. The van der Waals surface area contributed by atoms with Crippen LogP contribution in [0.2, 0.25) is 0 Å². The van der Waals surface area contributed by atoms with Gasteiger partial charge in [-0.25, -0.2) is 0 Å². The second-order valence-electron chi connectivity index (χ2n) is 6.55. The minimum atomic E-state index is 0.706. The van der Waals surface area contributed by atoms with E-state index in [2.05, 4.69) is 17.2 Å². The fourth-order valence-electron chi connectivity index (χ4n) is 3.24. The highest BCUT2D eigenvalue weighted by molar-refractivity contribution is 6.09. The van der Waals surface area contributed by atoms with Gasteiger partial charge < -0.3 is 18.9 Å². The number of rotatable bonds is 4. The van der Waals surface area contributed by atoms with Crippen molar-refractivity contribution in [2.24, 2.45) is 7.05 Å². The molecule has 0 unspecified atom stereocenters. The molecular weight excluding hydrogens is 368 g/mol. The molecule has 1 heterocycles. The number of aryl methyl sites for hydroxylation is 2. The zero-order chi connectivity index (χ0) is 21.0. The highest BCUT2D eigenvalue weighted by Crippen LogP contribution is 2.39. The first kappa shape index (κ1) is 20.3. The molecule has 6 nitrogen and oxygen atoms in total. The predicted molar refractivity (Wildman–Crippen MR) is 116 cm³/mol. The lowest BCUT2D eigenvalue weighted by Crippen LogP contribution is -1.92. The van der Waals surface area contributed by atoms with E-state index in [1.54, 1.807) is 33.1 Å². The van der Waals surface area contributed by atoms with Gasteiger partial charge in [0.05, 0.1) is 34.1 Å². The maximum Gasteiger partial charge on any atom is 0.161 e. The van der Waals surface area contributed by atoms with E-state index >= 15 is 0 Å². The zero-order valence-electron chi connectivity index (χ0n) is 17.6. The lowest BCUT2D eigenvalue weighted by atomic mass is 10.0. The summed E-state index contributed by atoms with van der Waals surface area (Å²) in [5.74, 6) is 2.85. The topological polar surface area (TPSA) is 54.7 Å². The first-order valence-corrected chi connectivity index (χ1v) is 9.17. The van der Waals surface area contributed by atoms with Gasteiger partial charge in [-0.2, -0.15) is 5.10 Å². The molecule has 3 aromatic carbocycles. The third-order valence-corrected chi connectivity index (χ3v) is 4.69. The van der Waals surface area contributed by atoms with Crippen LogP contribution in [0, 0.1) is 6.92 Å². The van der Waals surface area contributed by atoms with Crippen molar-refractivity contribution in [1.29, 1.82) is 0 Å². The largest absolute Gasteiger partial charge is 0.493 e. The van der Waals surface area contributed by atoms with E-state index in [9.17, 15) is 0 Å². The average molecular weight is 394 g/mol. The van der Waals surface area contributed by atoms with Crippen molar-refractivity contribution >= 4 is 21.5 Å². The Bertz CT molecular complexity index is 1050. The van der Waals surface area contributed by atoms with Crippen LogP contribution in [0.3, 0.4) is 0 Å². The normalized spacial score (nSPS) is 10.4. The van der Waals surface area contributed by atoms with Gasteiger partial charge >= 0.3 is 0 Å². The van der Waals surface area contributed by atoms with Crippen molar-refractivity contribution in [2.75, 3.05) is 28.4 Å². The molecule has 4 rings (SSSR count). The van der Waals surface area contributed by atoms with Gasteiger partial charge in [-0.15, -0.1) is 0 Å². The maximum atomic E-state index is 5.41. The van der Waals surface area contributed by atoms with E-state index in [-0.39, 0.29) is 0 Å². The molecule has 152 valence electrons. The number of fused-ring (bicyclic) bond motifs is 3. The Kier molecular flexibility index (Phi) is 6.12. The van der Waals surface area contributed by atoms with Crippen molar-refractivity contribution in [2.45, 2.75) is 6.92 Å². The molecule has 0 spiro atoms. The van der Waals surface area contributed by atoms with Gasteiger partial charge in [0.1, 0.15) is 0 Å². The zero-order valence-corrected chi connectivity index (χ0v) is 17.6. The molecule has 0 aliphatic heterocycles. The van der Waals surface area contributed by atoms with Crippen LogP contribution in [0.4, 0.5) is 0 Å². The van der Waals surface area contributed by atoms with E-state index in [0.29, 0.717) is 11.5 Å². The molecule has 4 aromatic rings. The smallest absolute Gasteiger partial charge is 0.161 e. The van der Waals surface area contributed by atoms with E-state index < -0.39 is 0 Å². The van der Waals surface area contributed by atoms with Crippen LogP contribution in [0.15, 0.2) is 48.7 Å². The molecule has 0 bridgehead atoms. The molecular formula is C23H26N2O4. The first-order valence-electron chi connectivity index (χ1n) is 9.17. The third-order valence-electron chi connectivity index (χ3n) is 4.69. The van der Waals surface area contributed by atoms with Crippen molar-refractivity contribution in [3.05, 3.63) is 54.4 Å². The summed E-state index contributed by atoms with van der Waals surface area (Å²) in [6.45, 7) is 1.97. The van der Waals surface area contributed by atoms with Crippen molar-refractivity contribution in [3.8, 4) is 23.0 Å². The standard InChI is InChI=1S/C18H18O4.C5H8N2/c1-19-15-7-11-5-6-12-8-16(20-2)18(22-4)10-14(12)13(11)9-17(15)21-3;1-5-3-4-7(2)6-5/h5-10H,1-4H3;3-4H,1-2H3. The van der Waals surface area contributed by atoms with Crippen LogP contribution in [0.5, 0.6) is 23.0 Å². The molecule has 1 aromatic heterocycles. The molecule has 0 aliphatic rings. The van der Waals surface area contributed by atoms with E-state index in [4.69, 9.17) is 18.9 Å². The van der Waals surface area contributed by atoms with Gasteiger partial charge in [-0.05, 0) is 58.8 Å². The summed E-state index contributed by atoms with van der Waals surface area (Å²) in [7, 11) is 8.46. The minimum absolute atomic E-state index is 0.706. The lowest BCUT2D eigenvalue weighted by Gasteiger charge is -2.13. The molecule has 0 atom stereocenters. The Hall–Kier alpha value is -3.41. The average Bonchev–Trinajstić information content (AvgIpc) is 3.14. The number of ether oxygens (including phenoxy) is 4. The summed E-state index contributed by atoms with van der Waals surface area (Å²) in [6.07, 6.45) is 1.93. The summed E-state index contributed by atoms with van der Waals surface area (Å²) >= 11 is 0. The van der Waals surface area contributed by atoms with Crippen molar-refractivity contribution in [3.63, 3.8) is 0 Å². The second kappa shape index (κ2) is 8.73. The number of benzene rings is 3. The molecule has 0 radical (unpaired) electrons. The maximum absolute atomic E-state index is 5.41.